The highest BCUT2D eigenvalue weighted by Gasteiger charge is 2.35. The number of anilines is 3. The Labute approximate surface area is 231 Å². The number of hydrogen-bond acceptors (Lipinski definition) is 7. The summed E-state index contributed by atoms with van der Waals surface area (Å²) in [5, 5.41) is 24.9. The highest BCUT2D eigenvalue weighted by Crippen LogP contribution is 2.28. The van der Waals surface area contributed by atoms with Gasteiger partial charge in [0.2, 0.25) is 5.91 Å². The van der Waals surface area contributed by atoms with Gasteiger partial charge in [-0.1, -0.05) is 24.3 Å². The minimum Gasteiger partial charge on any atom is -0.495 e. The number of rotatable bonds is 9. The van der Waals surface area contributed by atoms with Crippen LogP contribution in [-0.4, -0.2) is 65.4 Å². The van der Waals surface area contributed by atoms with Gasteiger partial charge in [-0.3, -0.25) is 4.79 Å². The molecule has 0 radical (unpaired) electrons. The number of nitrogens with two attached hydrogens (primary N) is 1. The number of para-hydroxylation sites is 1. The molecule has 3 amide bonds. The monoisotopic (exact) mass is 548 g/mol. The molecule has 1 aliphatic rings. The number of carbonyl (C=O) groups is 3. The van der Waals surface area contributed by atoms with Crippen molar-refractivity contribution in [1.82, 2.24) is 4.90 Å². The Balaban J connectivity index is 1.38. The maximum absolute atomic E-state index is 13.2. The lowest BCUT2D eigenvalue weighted by Gasteiger charge is -2.25. The SMILES string of the molecule is COc1cc(CC(=O)N2C[C@H](O)C[C@H]2COc2ccc(C(=O)O)cc2N)ccc1NC(=O)Nc1ccccc1C. The first-order valence-corrected chi connectivity index (χ1v) is 12.7. The topological polar surface area (TPSA) is 163 Å². The van der Waals surface area contributed by atoms with Crippen molar-refractivity contribution >= 4 is 35.0 Å². The van der Waals surface area contributed by atoms with Gasteiger partial charge in [0.05, 0.1) is 42.6 Å². The number of hydrogen-bond donors (Lipinski definition) is 5. The van der Waals surface area contributed by atoms with E-state index in [-0.39, 0.29) is 36.7 Å². The molecule has 4 rings (SSSR count). The Morgan fingerprint density at radius 3 is 2.48 bits per heavy atom. The van der Waals surface area contributed by atoms with Crippen LogP contribution in [0.2, 0.25) is 0 Å². The van der Waals surface area contributed by atoms with Crippen molar-refractivity contribution in [3.05, 3.63) is 77.4 Å². The molecular formula is C29H32N4O7. The number of amides is 3. The first kappa shape index (κ1) is 28.2. The second-order valence-corrected chi connectivity index (χ2v) is 9.56. The molecule has 1 aliphatic heterocycles. The number of carbonyl (C=O) groups excluding carboxylic acids is 2. The number of carboxylic acid groups (broad SMARTS) is 1. The fourth-order valence-electron chi connectivity index (χ4n) is 4.57. The first-order valence-electron chi connectivity index (χ1n) is 12.7. The quantitative estimate of drug-likeness (QED) is 0.254. The third-order valence-corrected chi connectivity index (χ3v) is 6.66. The average Bonchev–Trinajstić information content (AvgIpc) is 3.30. The summed E-state index contributed by atoms with van der Waals surface area (Å²) in [7, 11) is 1.48. The maximum atomic E-state index is 13.2. The number of ether oxygens (including phenoxy) is 2. The van der Waals surface area contributed by atoms with Crippen molar-refractivity contribution in [2.75, 3.05) is 36.6 Å². The number of nitrogens with zero attached hydrogens (tertiary/aromatic N) is 1. The largest absolute Gasteiger partial charge is 0.495 e. The van der Waals surface area contributed by atoms with E-state index in [1.165, 1.54) is 25.3 Å². The van der Waals surface area contributed by atoms with Gasteiger partial charge in [-0.05, 0) is 60.9 Å². The lowest BCUT2D eigenvalue weighted by atomic mass is 10.1. The minimum absolute atomic E-state index is 0.0431. The van der Waals surface area contributed by atoms with E-state index in [0.717, 1.165) is 5.56 Å². The van der Waals surface area contributed by atoms with Crippen molar-refractivity contribution in [3.8, 4) is 11.5 Å². The average molecular weight is 549 g/mol. The normalized spacial score (nSPS) is 16.3. The van der Waals surface area contributed by atoms with Gasteiger partial charge in [0.25, 0.3) is 0 Å². The number of aliphatic hydroxyl groups excluding tert-OH is 1. The Morgan fingerprint density at radius 2 is 1.77 bits per heavy atom. The molecule has 210 valence electrons. The number of nitrogens with one attached hydrogen (secondary N) is 2. The van der Waals surface area contributed by atoms with E-state index < -0.39 is 24.1 Å². The van der Waals surface area contributed by atoms with Crippen LogP contribution in [0.4, 0.5) is 21.9 Å². The molecule has 11 heteroatoms. The van der Waals surface area contributed by atoms with Gasteiger partial charge in [-0.2, -0.15) is 0 Å². The maximum Gasteiger partial charge on any atom is 0.335 e. The fourth-order valence-corrected chi connectivity index (χ4v) is 4.57. The zero-order valence-corrected chi connectivity index (χ0v) is 22.2. The predicted octanol–water partition coefficient (Wildman–Crippen LogP) is 3.51. The lowest BCUT2D eigenvalue weighted by Crippen LogP contribution is -2.40. The second-order valence-electron chi connectivity index (χ2n) is 9.56. The van der Waals surface area contributed by atoms with Crippen LogP contribution in [0.3, 0.4) is 0 Å². The highest BCUT2D eigenvalue weighted by molar-refractivity contribution is 6.01. The zero-order chi connectivity index (χ0) is 28.8. The van der Waals surface area contributed by atoms with Gasteiger partial charge in [-0.15, -0.1) is 0 Å². The third kappa shape index (κ3) is 6.80. The van der Waals surface area contributed by atoms with E-state index >= 15 is 0 Å². The number of aromatic carboxylic acids is 1. The van der Waals surface area contributed by atoms with Crippen molar-refractivity contribution in [2.45, 2.75) is 31.9 Å². The third-order valence-electron chi connectivity index (χ3n) is 6.66. The number of β-amino-alcohol motifs (C(OH)–C–C–N with tert-alkyl or cyclic N) is 1. The van der Waals surface area contributed by atoms with E-state index in [1.54, 1.807) is 29.2 Å². The van der Waals surface area contributed by atoms with Crippen LogP contribution in [-0.2, 0) is 11.2 Å². The van der Waals surface area contributed by atoms with Gasteiger partial charge in [0, 0.05) is 12.2 Å². The number of aryl methyl sites for hydroxylation is 1. The summed E-state index contributed by atoms with van der Waals surface area (Å²) in [6.07, 6.45) is -0.316. The zero-order valence-electron chi connectivity index (χ0n) is 22.2. The molecule has 0 aliphatic carbocycles. The second kappa shape index (κ2) is 12.4. The highest BCUT2D eigenvalue weighted by atomic mass is 16.5. The molecule has 0 bridgehead atoms. The molecule has 3 aromatic rings. The number of aliphatic hydroxyl groups is 1. The molecule has 6 N–H and O–H groups in total. The van der Waals surface area contributed by atoms with E-state index in [1.807, 2.05) is 25.1 Å². The Kier molecular flexibility index (Phi) is 8.75. The number of urea groups is 1. The van der Waals surface area contributed by atoms with Gasteiger partial charge in [0.1, 0.15) is 18.1 Å². The number of methoxy groups -OCH3 is 1. The molecule has 0 saturated carbocycles. The van der Waals surface area contributed by atoms with Gasteiger partial charge in [0.15, 0.2) is 0 Å². The standard InChI is InChI=1S/C29H32N4O7/c1-17-5-3-4-6-23(17)31-29(38)32-24-9-7-18(11-26(24)39-2)12-27(35)33-15-21(34)14-20(33)16-40-25-10-8-19(28(36)37)13-22(25)30/h3-11,13,20-21,34H,12,14-16,30H2,1-2H3,(H,36,37)(H2,31,32,38)/t20-,21+/m0/s1. The van der Waals surface area contributed by atoms with Crippen LogP contribution in [0.15, 0.2) is 60.7 Å². The van der Waals surface area contributed by atoms with Crippen LogP contribution in [0.25, 0.3) is 0 Å². The van der Waals surface area contributed by atoms with Crippen molar-refractivity contribution < 1.29 is 34.1 Å². The molecular weight excluding hydrogens is 516 g/mol. The summed E-state index contributed by atoms with van der Waals surface area (Å²) in [5.41, 5.74) is 8.86. The summed E-state index contributed by atoms with van der Waals surface area (Å²) in [5.74, 6) is -0.607. The van der Waals surface area contributed by atoms with E-state index in [9.17, 15) is 19.5 Å². The van der Waals surface area contributed by atoms with Crippen LogP contribution in [0.5, 0.6) is 11.5 Å². The summed E-state index contributed by atoms with van der Waals surface area (Å²) in [6.45, 7) is 2.14. The molecule has 0 unspecified atom stereocenters. The summed E-state index contributed by atoms with van der Waals surface area (Å²) in [6, 6.07) is 15.8. The van der Waals surface area contributed by atoms with E-state index in [0.29, 0.717) is 34.9 Å². The molecule has 1 fully saturated rings. The van der Waals surface area contributed by atoms with Gasteiger partial charge in [-0.25, -0.2) is 9.59 Å². The summed E-state index contributed by atoms with van der Waals surface area (Å²) < 4.78 is 11.2. The van der Waals surface area contributed by atoms with Crippen LogP contribution in [0.1, 0.15) is 27.9 Å². The van der Waals surface area contributed by atoms with Gasteiger partial charge >= 0.3 is 12.0 Å². The summed E-state index contributed by atoms with van der Waals surface area (Å²) >= 11 is 0. The van der Waals surface area contributed by atoms with Crippen LogP contribution < -0.4 is 25.8 Å². The van der Waals surface area contributed by atoms with Gasteiger partial charge < -0.3 is 41.0 Å². The number of benzene rings is 3. The predicted molar refractivity (Wildman–Crippen MR) is 150 cm³/mol. The molecule has 11 nitrogen and oxygen atoms in total. The lowest BCUT2D eigenvalue weighted by molar-refractivity contribution is -0.132. The van der Waals surface area contributed by atoms with Crippen molar-refractivity contribution in [2.24, 2.45) is 0 Å². The summed E-state index contributed by atoms with van der Waals surface area (Å²) in [4.78, 5) is 38.4. The first-order chi connectivity index (χ1) is 19.1. The molecule has 40 heavy (non-hydrogen) atoms. The van der Waals surface area contributed by atoms with Crippen molar-refractivity contribution in [3.63, 3.8) is 0 Å². The van der Waals surface area contributed by atoms with Crippen LogP contribution >= 0.6 is 0 Å². The molecule has 0 aromatic heterocycles. The smallest absolute Gasteiger partial charge is 0.335 e. The molecule has 1 saturated heterocycles. The number of likely N-dealkylation sites (tertiary alicyclic amines) is 1. The Hall–Kier alpha value is -4.77. The number of carboxylic acids is 1. The fraction of sp³-hybridized carbons (Fsp3) is 0.276. The Morgan fingerprint density at radius 1 is 1.02 bits per heavy atom. The molecule has 3 aromatic carbocycles. The molecule has 0 spiro atoms. The molecule has 2 atom stereocenters. The number of nitrogen functional groups attached to an aromatic ring is 1. The minimum atomic E-state index is -1.10. The molecule has 1 heterocycles. The van der Waals surface area contributed by atoms with Crippen LogP contribution in [0, 0.1) is 6.92 Å². The van der Waals surface area contributed by atoms with Crippen molar-refractivity contribution in [1.29, 1.82) is 0 Å². The van der Waals surface area contributed by atoms with E-state index in [4.69, 9.17) is 20.3 Å². The van der Waals surface area contributed by atoms with E-state index in [2.05, 4.69) is 10.6 Å². The Bertz CT molecular complexity index is 1410.